The Balaban J connectivity index is 1.57. The summed E-state index contributed by atoms with van der Waals surface area (Å²) in [6, 6.07) is 2.16. The second-order valence-corrected chi connectivity index (χ2v) is 6.50. The number of amides is 2. The zero-order valence-electron chi connectivity index (χ0n) is 14.4. The van der Waals surface area contributed by atoms with Gasteiger partial charge in [0.05, 0.1) is 19.8 Å². The van der Waals surface area contributed by atoms with Gasteiger partial charge in [-0.2, -0.15) is 13.2 Å². The number of hydrogen-bond acceptors (Lipinski definition) is 4. The first kappa shape index (κ1) is 18.8. The Labute approximate surface area is 149 Å². The van der Waals surface area contributed by atoms with Crippen LogP contribution in [0.5, 0.6) is 5.88 Å². The molecule has 2 amide bonds. The molecule has 0 saturated carbocycles. The second-order valence-electron chi connectivity index (χ2n) is 6.50. The molecule has 0 N–H and O–H groups in total. The van der Waals surface area contributed by atoms with Crippen LogP contribution in [0.3, 0.4) is 0 Å². The molecule has 3 rings (SSSR count). The molecule has 0 aliphatic carbocycles. The number of rotatable bonds is 3. The number of piperidine rings is 1. The molecule has 2 aliphatic heterocycles. The number of likely N-dealkylation sites (tertiary alicyclic amines) is 1. The van der Waals surface area contributed by atoms with Crippen LogP contribution in [0, 0.1) is 5.92 Å². The average molecular weight is 373 g/mol. The molecule has 0 radical (unpaired) electrons. The van der Waals surface area contributed by atoms with E-state index in [1.807, 2.05) is 0 Å². The third-order valence-electron chi connectivity index (χ3n) is 4.60. The monoisotopic (exact) mass is 373 g/mol. The minimum Gasteiger partial charge on any atom is -0.477 e. The van der Waals surface area contributed by atoms with Crippen molar-refractivity contribution in [1.82, 2.24) is 14.8 Å². The Morgan fingerprint density at radius 2 is 2.04 bits per heavy atom. The zero-order chi connectivity index (χ0) is 18.6. The van der Waals surface area contributed by atoms with Gasteiger partial charge >= 0.3 is 12.2 Å². The molecule has 6 nitrogen and oxygen atoms in total. The molecule has 0 spiro atoms. The van der Waals surface area contributed by atoms with Gasteiger partial charge in [-0.1, -0.05) is 0 Å². The molecular weight excluding hydrogens is 351 g/mol. The third kappa shape index (κ3) is 4.57. The van der Waals surface area contributed by atoms with Gasteiger partial charge in [0, 0.05) is 38.3 Å². The molecule has 1 unspecified atom stereocenters. The lowest BCUT2D eigenvalue weighted by Gasteiger charge is -2.37. The number of hydrogen-bond donors (Lipinski definition) is 0. The molecule has 2 fully saturated rings. The number of aromatic nitrogens is 1. The number of ether oxygens (including phenoxy) is 2. The largest absolute Gasteiger partial charge is 0.477 e. The van der Waals surface area contributed by atoms with Gasteiger partial charge in [-0.15, -0.1) is 0 Å². The molecule has 1 atom stereocenters. The van der Waals surface area contributed by atoms with E-state index in [0.717, 1.165) is 18.9 Å². The minimum absolute atomic E-state index is 0.0168. The van der Waals surface area contributed by atoms with Gasteiger partial charge in [0.15, 0.2) is 0 Å². The second kappa shape index (κ2) is 8.11. The molecule has 1 aromatic heterocycles. The highest BCUT2D eigenvalue weighted by Gasteiger charge is 2.35. The van der Waals surface area contributed by atoms with Crippen LogP contribution in [-0.2, 0) is 10.9 Å². The van der Waals surface area contributed by atoms with Crippen molar-refractivity contribution in [3.8, 4) is 5.88 Å². The van der Waals surface area contributed by atoms with E-state index in [9.17, 15) is 18.0 Å². The molecule has 2 saturated heterocycles. The van der Waals surface area contributed by atoms with Gasteiger partial charge in [0.1, 0.15) is 5.56 Å². The summed E-state index contributed by atoms with van der Waals surface area (Å²) in [6.07, 6.45) is -1.62. The summed E-state index contributed by atoms with van der Waals surface area (Å²) >= 11 is 0. The van der Waals surface area contributed by atoms with Crippen LogP contribution in [0.1, 0.15) is 18.4 Å². The number of halogens is 3. The molecule has 9 heteroatoms. The normalized spacial score (nSPS) is 21.6. The van der Waals surface area contributed by atoms with E-state index in [4.69, 9.17) is 9.47 Å². The topological polar surface area (TPSA) is 54.9 Å². The summed E-state index contributed by atoms with van der Waals surface area (Å²) in [5.41, 5.74) is -0.878. The van der Waals surface area contributed by atoms with E-state index in [1.54, 1.807) is 9.80 Å². The van der Waals surface area contributed by atoms with Crippen molar-refractivity contribution >= 4 is 6.03 Å². The van der Waals surface area contributed by atoms with Crippen LogP contribution < -0.4 is 4.74 Å². The lowest BCUT2D eigenvalue weighted by atomic mass is 9.99. The van der Waals surface area contributed by atoms with E-state index in [-0.39, 0.29) is 18.6 Å². The van der Waals surface area contributed by atoms with E-state index < -0.39 is 17.6 Å². The lowest BCUT2D eigenvalue weighted by molar-refractivity contribution is -0.139. The van der Waals surface area contributed by atoms with Crippen LogP contribution in [-0.4, -0.2) is 66.8 Å². The Hall–Kier alpha value is -2.03. The highest BCUT2D eigenvalue weighted by molar-refractivity contribution is 5.74. The quantitative estimate of drug-likeness (QED) is 0.818. The lowest BCUT2D eigenvalue weighted by Crippen LogP contribution is -2.51. The standard InChI is InChI=1S/C17H22F3N3O3/c18-17(19,20)14-4-1-5-21-15(14)26-12-13-3-2-6-23(11-13)16(24)22-7-9-25-10-8-22/h1,4-5,13H,2-3,6-12H2. The SMILES string of the molecule is O=C(N1CCOCC1)N1CCCC(COc2ncccc2C(F)(F)F)C1. The van der Waals surface area contributed by atoms with Gasteiger partial charge in [-0.05, 0) is 25.0 Å². The summed E-state index contributed by atoms with van der Waals surface area (Å²) in [7, 11) is 0. The van der Waals surface area contributed by atoms with Gasteiger partial charge in [-0.3, -0.25) is 0 Å². The Morgan fingerprint density at radius 1 is 1.27 bits per heavy atom. The molecule has 26 heavy (non-hydrogen) atoms. The minimum atomic E-state index is -4.51. The van der Waals surface area contributed by atoms with E-state index in [2.05, 4.69) is 4.98 Å². The van der Waals surface area contributed by atoms with E-state index in [0.29, 0.717) is 39.4 Å². The van der Waals surface area contributed by atoms with Gasteiger partial charge in [0.2, 0.25) is 5.88 Å². The fourth-order valence-electron chi connectivity index (χ4n) is 3.25. The van der Waals surface area contributed by atoms with Crippen LogP contribution in [0.2, 0.25) is 0 Å². The van der Waals surface area contributed by atoms with Crippen molar-refractivity contribution in [2.24, 2.45) is 5.92 Å². The van der Waals surface area contributed by atoms with Crippen LogP contribution in [0.15, 0.2) is 18.3 Å². The molecule has 0 bridgehead atoms. The number of carbonyl (C=O) groups is 1. The number of urea groups is 1. The first-order valence-electron chi connectivity index (χ1n) is 8.72. The summed E-state index contributed by atoms with van der Waals surface area (Å²) in [4.78, 5) is 19.8. The highest BCUT2D eigenvalue weighted by atomic mass is 19.4. The first-order valence-corrected chi connectivity index (χ1v) is 8.72. The average Bonchev–Trinajstić information content (AvgIpc) is 2.66. The van der Waals surface area contributed by atoms with Crippen molar-refractivity contribution in [3.05, 3.63) is 23.9 Å². The van der Waals surface area contributed by atoms with Crippen molar-refractivity contribution in [2.75, 3.05) is 46.0 Å². The van der Waals surface area contributed by atoms with E-state index in [1.165, 1.54) is 12.3 Å². The van der Waals surface area contributed by atoms with Gasteiger partial charge in [0.25, 0.3) is 0 Å². The van der Waals surface area contributed by atoms with Crippen molar-refractivity contribution in [2.45, 2.75) is 19.0 Å². The number of pyridine rings is 1. The summed E-state index contributed by atoms with van der Waals surface area (Å²) in [6.45, 7) is 3.44. The zero-order valence-corrected chi connectivity index (χ0v) is 14.4. The summed E-state index contributed by atoms with van der Waals surface area (Å²) in [5.74, 6) is -0.423. The Kier molecular flexibility index (Phi) is 5.85. The van der Waals surface area contributed by atoms with Gasteiger partial charge in [-0.25, -0.2) is 9.78 Å². The van der Waals surface area contributed by atoms with Crippen LogP contribution in [0.4, 0.5) is 18.0 Å². The maximum absolute atomic E-state index is 13.0. The predicted molar refractivity (Wildman–Crippen MR) is 86.8 cm³/mol. The maximum Gasteiger partial charge on any atom is 0.421 e. The number of morpholine rings is 1. The number of alkyl halides is 3. The predicted octanol–water partition coefficient (Wildman–Crippen LogP) is 2.64. The highest BCUT2D eigenvalue weighted by Crippen LogP contribution is 2.35. The third-order valence-corrected chi connectivity index (χ3v) is 4.60. The smallest absolute Gasteiger partial charge is 0.421 e. The number of nitrogens with zero attached hydrogens (tertiary/aromatic N) is 3. The van der Waals surface area contributed by atoms with Crippen LogP contribution in [0.25, 0.3) is 0 Å². The maximum atomic E-state index is 13.0. The van der Waals surface area contributed by atoms with Crippen molar-refractivity contribution < 1.29 is 27.4 Å². The van der Waals surface area contributed by atoms with Gasteiger partial charge < -0.3 is 19.3 Å². The van der Waals surface area contributed by atoms with E-state index >= 15 is 0 Å². The Bertz CT molecular complexity index is 621. The molecule has 1 aromatic rings. The molecule has 144 valence electrons. The Morgan fingerprint density at radius 3 is 2.77 bits per heavy atom. The van der Waals surface area contributed by atoms with Crippen molar-refractivity contribution in [1.29, 1.82) is 0 Å². The van der Waals surface area contributed by atoms with Crippen molar-refractivity contribution in [3.63, 3.8) is 0 Å². The fourth-order valence-corrected chi connectivity index (χ4v) is 3.25. The molecule has 3 heterocycles. The van der Waals surface area contributed by atoms with Crippen LogP contribution >= 0.6 is 0 Å². The first-order chi connectivity index (χ1) is 12.4. The summed E-state index contributed by atoms with van der Waals surface area (Å²) in [5, 5.41) is 0. The molecule has 0 aromatic carbocycles. The molecular formula is C17H22F3N3O3. The number of carbonyl (C=O) groups excluding carboxylic acids is 1. The summed E-state index contributed by atoms with van der Waals surface area (Å²) < 4.78 is 49.6. The fraction of sp³-hybridized carbons (Fsp3) is 0.647. The molecule has 2 aliphatic rings.